The maximum Gasteiger partial charge on any atom is 0.187 e. The minimum Gasteiger partial charge on any atom is -0.358 e. The van der Waals surface area contributed by atoms with Crippen LogP contribution in [0.2, 0.25) is 0 Å². The Bertz CT molecular complexity index is 1020. The van der Waals surface area contributed by atoms with Crippen LogP contribution in [-0.4, -0.2) is 5.78 Å². The van der Waals surface area contributed by atoms with Gasteiger partial charge in [0.2, 0.25) is 0 Å². The number of hydrogen-bond donors (Lipinski definition) is 1. The summed E-state index contributed by atoms with van der Waals surface area (Å²) in [4.78, 5) is 12.0. The Hall–Kier alpha value is -2.56. The molecule has 2 nitrogen and oxygen atoms in total. The van der Waals surface area contributed by atoms with Gasteiger partial charge >= 0.3 is 0 Å². The van der Waals surface area contributed by atoms with Gasteiger partial charge in [0.25, 0.3) is 0 Å². The van der Waals surface area contributed by atoms with E-state index in [1.54, 1.807) is 18.4 Å². The van der Waals surface area contributed by atoms with Crippen LogP contribution >= 0.6 is 7.92 Å². The third-order valence-electron chi connectivity index (χ3n) is 4.62. The number of benzene rings is 3. The molecular weight excluding hydrogens is 480 g/mol. The van der Waals surface area contributed by atoms with E-state index in [9.17, 15) is 4.79 Å². The zero-order valence-electron chi connectivity index (χ0n) is 16.7. The zero-order valence-corrected chi connectivity index (χ0v) is 19.2. The van der Waals surface area contributed by atoms with E-state index in [1.165, 1.54) is 15.9 Å². The molecule has 0 aliphatic heterocycles. The van der Waals surface area contributed by atoms with Crippen molar-refractivity contribution in [1.29, 1.82) is 0 Å². The largest absolute Gasteiger partial charge is 0.358 e. The Morgan fingerprint density at radius 3 is 1.83 bits per heavy atom. The maximum atomic E-state index is 12.0. The minimum absolute atomic E-state index is 0. The van der Waals surface area contributed by atoms with Crippen molar-refractivity contribution < 1.29 is 25.2 Å². The number of carbonyl (C=O) groups is 1. The van der Waals surface area contributed by atoms with Crippen molar-refractivity contribution in [2.75, 3.05) is 5.32 Å². The first-order valence-electron chi connectivity index (χ1n) is 9.26. The van der Waals surface area contributed by atoms with Gasteiger partial charge < -0.3 is 12.7 Å². The molecule has 0 saturated heterocycles. The molecule has 0 unspecified atom stereocenters. The molecule has 3 aromatic rings. The zero-order chi connectivity index (χ0) is 19.2. The first-order valence-corrected chi connectivity index (χ1v) is 10.8. The second-order valence-corrected chi connectivity index (χ2v) is 8.92. The topological polar surface area (TPSA) is 29.1 Å². The molecule has 0 heterocycles. The summed E-state index contributed by atoms with van der Waals surface area (Å²) in [5.74, 6) is 0.0177. The van der Waals surface area contributed by atoms with Crippen LogP contribution in [0.25, 0.3) is 0 Å². The molecule has 30 heavy (non-hydrogen) atoms. The van der Waals surface area contributed by atoms with E-state index in [4.69, 9.17) is 0 Å². The number of para-hydroxylation sites is 1. The molecule has 0 atom stereocenters. The molecule has 1 aliphatic carbocycles. The smallest absolute Gasteiger partial charge is 0.187 e. The Kier molecular flexibility index (Phi) is 9.16. The molecule has 0 amide bonds. The van der Waals surface area contributed by atoms with Gasteiger partial charge in [-0.25, -0.2) is 0 Å². The Morgan fingerprint density at radius 1 is 0.700 bits per heavy atom. The van der Waals surface area contributed by atoms with Crippen LogP contribution in [0, 0.1) is 7.43 Å². The summed E-state index contributed by atoms with van der Waals surface area (Å²) in [7, 11) is -1.18. The summed E-state index contributed by atoms with van der Waals surface area (Å²) in [6.45, 7) is 0. The van der Waals surface area contributed by atoms with E-state index in [0.29, 0.717) is 5.57 Å². The van der Waals surface area contributed by atoms with Crippen molar-refractivity contribution in [3.05, 3.63) is 128 Å². The molecule has 0 spiro atoms. The van der Waals surface area contributed by atoms with Crippen molar-refractivity contribution in [1.82, 2.24) is 0 Å². The van der Waals surface area contributed by atoms with Crippen LogP contribution in [0.5, 0.6) is 0 Å². The van der Waals surface area contributed by atoms with Gasteiger partial charge in [-0.15, -0.1) is 0 Å². The molecule has 1 N–H and O–H groups in total. The van der Waals surface area contributed by atoms with Gasteiger partial charge in [0, 0.05) is 32.2 Å². The summed E-state index contributed by atoms with van der Waals surface area (Å²) >= 11 is 0. The fraction of sp³-hybridized carbons (Fsp3) is 0. The molecule has 4 heteroatoms. The quantitative estimate of drug-likeness (QED) is 0.238. The number of allylic oxidation sites excluding steroid dienone is 5. The Morgan fingerprint density at radius 2 is 1.23 bits per heavy atom. The maximum absolute atomic E-state index is 12.0. The summed E-state index contributed by atoms with van der Waals surface area (Å²) in [6, 6.07) is 29.7. The van der Waals surface area contributed by atoms with Crippen LogP contribution < -0.4 is 21.2 Å². The van der Waals surface area contributed by atoms with E-state index in [0.717, 1.165) is 5.69 Å². The minimum atomic E-state index is -1.18. The molecule has 0 bridgehead atoms. The van der Waals surface area contributed by atoms with Gasteiger partial charge in [0.1, 0.15) is 23.8 Å². The van der Waals surface area contributed by atoms with Crippen LogP contribution in [0.3, 0.4) is 0 Å². The van der Waals surface area contributed by atoms with Gasteiger partial charge in [0.15, 0.2) is 5.78 Å². The van der Waals surface area contributed by atoms with E-state index >= 15 is 0 Å². The van der Waals surface area contributed by atoms with Gasteiger partial charge in [-0.05, 0) is 48.6 Å². The number of rotatable bonds is 5. The standard InChI is InChI=1S/C25H20NOP.CH3.Pd/c27-24-17-9-7-11-20(24)19-26-23-16-8-10-18-25(23)28(21-12-3-1-4-13-21)22-14-5-2-6-15-22;;/h1-19,26H;1H3;/q;-1;/p+1. The van der Waals surface area contributed by atoms with E-state index < -0.39 is 7.92 Å². The van der Waals surface area contributed by atoms with E-state index in [-0.39, 0.29) is 33.6 Å². The second kappa shape index (κ2) is 11.6. The fourth-order valence-electron chi connectivity index (χ4n) is 3.27. The summed E-state index contributed by atoms with van der Waals surface area (Å²) in [5, 5.41) is 7.32. The van der Waals surface area contributed by atoms with Gasteiger partial charge in [-0.1, -0.05) is 60.7 Å². The SMILES string of the molecule is O=C1C=CC=CC1=CNc1ccccc1[PH+](c1ccccc1)c1ccccc1.[CH3-].[Pd]. The Labute approximate surface area is 193 Å². The molecule has 3 aromatic carbocycles. The average Bonchev–Trinajstić information content (AvgIpc) is 2.76. The molecule has 154 valence electrons. The van der Waals surface area contributed by atoms with Crippen molar-refractivity contribution >= 4 is 35.3 Å². The molecule has 0 saturated carbocycles. The van der Waals surface area contributed by atoms with Gasteiger partial charge in [-0.2, -0.15) is 0 Å². The number of ketones is 1. The molecule has 0 aromatic heterocycles. The van der Waals surface area contributed by atoms with Crippen molar-refractivity contribution in [3.63, 3.8) is 0 Å². The van der Waals surface area contributed by atoms with Crippen molar-refractivity contribution in [3.8, 4) is 0 Å². The first-order chi connectivity index (χ1) is 13.8. The van der Waals surface area contributed by atoms with Crippen molar-refractivity contribution in [2.45, 2.75) is 0 Å². The fourth-order valence-corrected chi connectivity index (χ4v) is 5.96. The van der Waals surface area contributed by atoms with E-state index in [1.807, 2.05) is 18.2 Å². The van der Waals surface area contributed by atoms with E-state index in [2.05, 4.69) is 84.2 Å². The summed E-state index contributed by atoms with van der Waals surface area (Å²) in [5.41, 5.74) is 1.69. The van der Waals surface area contributed by atoms with Gasteiger partial charge in [0.05, 0.1) is 5.69 Å². The van der Waals surface area contributed by atoms with Gasteiger partial charge in [-0.3, -0.25) is 4.79 Å². The van der Waals surface area contributed by atoms with Crippen LogP contribution in [-0.2, 0) is 25.2 Å². The summed E-state index contributed by atoms with van der Waals surface area (Å²) in [6.07, 6.45) is 8.86. The van der Waals surface area contributed by atoms with Crippen LogP contribution in [0.1, 0.15) is 0 Å². The third kappa shape index (κ3) is 5.53. The molecule has 1 aliphatic rings. The number of carbonyl (C=O) groups excluding carboxylic acids is 1. The first kappa shape index (κ1) is 23.7. The van der Waals surface area contributed by atoms with Crippen molar-refractivity contribution in [2.24, 2.45) is 0 Å². The third-order valence-corrected chi connectivity index (χ3v) is 7.42. The molecule has 4 rings (SSSR count). The predicted octanol–water partition coefficient (Wildman–Crippen LogP) is 4.62. The molecule has 0 radical (unpaired) electrons. The molecule has 0 fully saturated rings. The number of anilines is 1. The molecular formula is C26H24NOPPd. The Balaban J connectivity index is 0.00000160. The average molecular weight is 504 g/mol. The normalized spacial score (nSPS) is 13.6. The number of nitrogens with one attached hydrogen (secondary N) is 1. The second-order valence-electron chi connectivity index (χ2n) is 6.48. The monoisotopic (exact) mass is 503 g/mol. The number of hydrogen-bond acceptors (Lipinski definition) is 2. The van der Waals surface area contributed by atoms with Crippen LogP contribution in [0.15, 0.2) is 121 Å². The van der Waals surface area contributed by atoms with Crippen LogP contribution in [0.4, 0.5) is 5.69 Å². The summed E-state index contributed by atoms with van der Waals surface area (Å²) < 4.78 is 0. The predicted molar refractivity (Wildman–Crippen MR) is 128 cm³/mol.